The van der Waals surface area contributed by atoms with E-state index in [0.29, 0.717) is 17.8 Å². The molecule has 1 N–H and O–H groups in total. The Morgan fingerprint density at radius 2 is 1.32 bits per heavy atom. The standard InChI is InChI=1S/C20H34O4.C5H8O2/c1-4-5-6-7-8-9-10-11-12-13-16-24-20(23)18(3)15-14-17(2)19(21)22;1-4(2)5(6)7-3/h14H,3-13,15-16H2,1-2H3,(H,21,22);1H2,2-3H3. The summed E-state index contributed by atoms with van der Waals surface area (Å²) >= 11 is 0. The van der Waals surface area contributed by atoms with Crippen LogP contribution in [0.15, 0.2) is 36.0 Å². The second kappa shape index (κ2) is 20.9. The van der Waals surface area contributed by atoms with Crippen LogP contribution in [0.3, 0.4) is 0 Å². The molecule has 0 aromatic heterocycles. The fraction of sp³-hybridized carbons (Fsp3) is 0.640. The van der Waals surface area contributed by atoms with Gasteiger partial charge in [-0.15, -0.1) is 0 Å². The molecule has 0 atom stereocenters. The summed E-state index contributed by atoms with van der Waals surface area (Å²) in [5, 5.41) is 8.74. The van der Waals surface area contributed by atoms with Crippen molar-refractivity contribution in [2.24, 2.45) is 0 Å². The molecule has 0 aromatic rings. The Bertz CT molecular complexity index is 589. The van der Waals surface area contributed by atoms with Gasteiger partial charge in [-0.3, -0.25) is 0 Å². The van der Waals surface area contributed by atoms with Crippen molar-refractivity contribution in [3.05, 3.63) is 36.0 Å². The van der Waals surface area contributed by atoms with Crippen LogP contribution in [0.4, 0.5) is 0 Å². The van der Waals surface area contributed by atoms with Crippen LogP contribution in [0.1, 0.15) is 91.4 Å². The third-order valence-electron chi connectivity index (χ3n) is 4.55. The second-order valence-electron chi connectivity index (χ2n) is 7.59. The number of carboxylic acids is 1. The van der Waals surface area contributed by atoms with E-state index in [1.54, 1.807) is 6.92 Å². The maximum Gasteiger partial charge on any atom is 0.333 e. The van der Waals surface area contributed by atoms with Gasteiger partial charge in [0.05, 0.1) is 13.7 Å². The molecule has 0 saturated heterocycles. The maximum absolute atomic E-state index is 11.7. The predicted molar refractivity (Wildman–Crippen MR) is 125 cm³/mol. The van der Waals surface area contributed by atoms with E-state index < -0.39 is 11.9 Å². The maximum atomic E-state index is 11.7. The first-order chi connectivity index (χ1) is 14.7. The van der Waals surface area contributed by atoms with Gasteiger partial charge in [0.2, 0.25) is 0 Å². The van der Waals surface area contributed by atoms with Gasteiger partial charge in [-0.05, 0) is 26.7 Å². The molecule has 0 fully saturated rings. The second-order valence-corrected chi connectivity index (χ2v) is 7.59. The summed E-state index contributed by atoms with van der Waals surface area (Å²) in [5.74, 6) is -1.76. The largest absolute Gasteiger partial charge is 0.478 e. The number of rotatable bonds is 16. The van der Waals surface area contributed by atoms with Crippen LogP contribution in [0, 0.1) is 0 Å². The number of carboxylic acid groups (broad SMARTS) is 1. The van der Waals surface area contributed by atoms with Gasteiger partial charge < -0.3 is 14.6 Å². The highest BCUT2D eigenvalue weighted by molar-refractivity contribution is 5.89. The molecule has 6 heteroatoms. The lowest BCUT2D eigenvalue weighted by Crippen LogP contribution is -2.08. The minimum atomic E-state index is -0.985. The van der Waals surface area contributed by atoms with E-state index in [4.69, 9.17) is 9.84 Å². The molecule has 0 aliphatic carbocycles. The summed E-state index contributed by atoms with van der Waals surface area (Å²) < 4.78 is 9.43. The van der Waals surface area contributed by atoms with Crippen LogP contribution in [0.2, 0.25) is 0 Å². The fourth-order valence-electron chi connectivity index (χ4n) is 2.48. The smallest absolute Gasteiger partial charge is 0.333 e. The summed E-state index contributed by atoms with van der Waals surface area (Å²) in [6.07, 6.45) is 14.1. The highest BCUT2D eigenvalue weighted by Crippen LogP contribution is 2.11. The number of aliphatic carboxylic acids is 1. The van der Waals surface area contributed by atoms with Crippen molar-refractivity contribution >= 4 is 17.9 Å². The Labute approximate surface area is 188 Å². The van der Waals surface area contributed by atoms with E-state index in [-0.39, 0.29) is 18.0 Å². The highest BCUT2D eigenvalue weighted by atomic mass is 16.5. The van der Waals surface area contributed by atoms with Crippen molar-refractivity contribution in [2.75, 3.05) is 13.7 Å². The molecule has 31 heavy (non-hydrogen) atoms. The third kappa shape index (κ3) is 20.7. The molecule has 178 valence electrons. The van der Waals surface area contributed by atoms with E-state index in [1.165, 1.54) is 71.5 Å². The molecular weight excluding hydrogens is 396 g/mol. The number of ether oxygens (including phenoxy) is 2. The van der Waals surface area contributed by atoms with Crippen molar-refractivity contribution in [3.63, 3.8) is 0 Å². The third-order valence-corrected chi connectivity index (χ3v) is 4.55. The number of hydrogen-bond donors (Lipinski definition) is 1. The first kappa shape index (κ1) is 30.8. The van der Waals surface area contributed by atoms with Crippen LogP contribution >= 0.6 is 0 Å². The Morgan fingerprint density at radius 1 is 0.839 bits per heavy atom. The van der Waals surface area contributed by atoms with Gasteiger partial charge in [0.25, 0.3) is 0 Å². The van der Waals surface area contributed by atoms with E-state index in [2.05, 4.69) is 24.8 Å². The van der Waals surface area contributed by atoms with Crippen molar-refractivity contribution in [1.82, 2.24) is 0 Å². The van der Waals surface area contributed by atoms with Gasteiger partial charge in [0, 0.05) is 16.7 Å². The Balaban J connectivity index is 0. The monoisotopic (exact) mass is 438 g/mol. The first-order valence-corrected chi connectivity index (χ1v) is 11.2. The van der Waals surface area contributed by atoms with Gasteiger partial charge in [0.15, 0.2) is 0 Å². The van der Waals surface area contributed by atoms with Crippen LogP contribution < -0.4 is 0 Å². The lowest BCUT2D eigenvalue weighted by Gasteiger charge is -2.06. The summed E-state index contributed by atoms with van der Waals surface area (Å²) in [6, 6.07) is 0. The minimum Gasteiger partial charge on any atom is -0.478 e. The molecule has 0 saturated carbocycles. The Morgan fingerprint density at radius 3 is 1.71 bits per heavy atom. The quantitative estimate of drug-likeness (QED) is 0.176. The number of esters is 2. The van der Waals surface area contributed by atoms with Crippen LogP contribution in [0.5, 0.6) is 0 Å². The molecule has 0 amide bonds. The van der Waals surface area contributed by atoms with Gasteiger partial charge in [-0.2, -0.15) is 0 Å². The molecule has 0 rings (SSSR count). The molecule has 0 spiro atoms. The normalized spacial score (nSPS) is 10.5. The highest BCUT2D eigenvalue weighted by Gasteiger charge is 2.08. The molecule has 0 radical (unpaired) electrons. The molecule has 0 aromatic carbocycles. The fourth-order valence-corrected chi connectivity index (χ4v) is 2.48. The van der Waals surface area contributed by atoms with Crippen molar-refractivity contribution in [2.45, 2.75) is 91.4 Å². The zero-order valence-corrected chi connectivity index (χ0v) is 20.0. The molecule has 6 nitrogen and oxygen atoms in total. The number of carbonyl (C=O) groups excluding carboxylic acids is 2. The number of carbonyl (C=O) groups is 3. The zero-order valence-electron chi connectivity index (χ0n) is 20.0. The summed E-state index contributed by atoms with van der Waals surface area (Å²) in [5.41, 5.74) is 0.934. The molecular formula is C25H42O6. The SMILES string of the molecule is C=C(C)C(=O)OC.C=C(CC=C(C)C(=O)O)C(=O)OCCCCCCCCCCCC. The first-order valence-electron chi connectivity index (χ1n) is 11.2. The molecule has 0 aliphatic rings. The van der Waals surface area contributed by atoms with Crippen LogP contribution in [-0.4, -0.2) is 36.7 Å². The van der Waals surface area contributed by atoms with Crippen LogP contribution in [0.25, 0.3) is 0 Å². The summed E-state index contributed by atoms with van der Waals surface area (Å²) in [6.45, 7) is 12.7. The average molecular weight is 439 g/mol. The number of hydrogen-bond acceptors (Lipinski definition) is 5. The van der Waals surface area contributed by atoms with Crippen molar-refractivity contribution in [3.8, 4) is 0 Å². The van der Waals surface area contributed by atoms with Gasteiger partial charge >= 0.3 is 17.9 Å². The number of allylic oxidation sites excluding steroid dienone is 1. The minimum absolute atomic E-state index is 0.207. The van der Waals surface area contributed by atoms with Gasteiger partial charge in [0.1, 0.15) is 0 Å². The van der Waals surface area contributed by atoms with Gasteiger partial charge in [-0.25, -0.2) is 14.4 Å². The number of unbranched alkanes of at least 4 members (excludes halogenated alkanes) is 9. The summed E-state index contributed by atoms with van der Waals surface area (Å²) in [7, 11) is 1.33. The molecule has 0 aliphatic heterocycles. The van der Waals surface area contributed by atoms with Crippen LogP contribution in [-0.2, 0) is 23.9 Å². The molecule has 0 heterocycles. The lowest BCUT2D eigenvalue weighted by atomic mass is 10.1. The van der Waals surface area contributed by atoms with Crippen molar-refractivity contribution in [1.29, 1.82) is 0 Å². The van der Waals surface area contributed by atoms with Gasteiger partial charge in [-0.1, -0.05) is 83.9 Å². The average Bonchev–Trinajstić information content (AvgIpc) is 2.74. The molecule has 0 unspecified atom stereocenters. The van der Waals surface area contributed by atoms with E-state index in [0.717, 1.165) is 12.8 Å². The van der Waals surface area contributed by atoms with E-state index in [1.807, 2.05) is 0 Å². The van der Waals surface area contributed by atoms with E-state index >= 15 is 0 Å². The predicted octanol–water partition coefficient (Wildman–Crippen LogP) is 6.16. The Kier molecular flexibility index (Phi) is 20.8. The Hall–Kier alpha value is -2.37. The lowest BCUT2D eigenvalue weighted by molar-refractivity contribution is -0.139. The summed E-state index contributed by atoms with van der Waals surface area (Å²) in [4.78, 5) is 32.5. The number of methoxy groups -OCH3 is 1. The topological polar surface area (TPSA) is 89.9 Å². The zero-order chi connectivity index (χ0) is 24.1. The molecule has 0 bridgehead atoms. The van der Waals surface area contributed by atoms with Crippen molar-refractivity contribution < 1.29 is 29.0 Å². The van der Waals surface area contributed by atoms with E-state index in [9.17, 15) is 14.4 Å².